The van der Waals surface area contributed by atoms with Crippen LogP contribution in [0.1, 0.15) is 42.7 Å². The molecule has 1 saturated heterocycles. The summed E-state index contributed by atoms with van der Waals surface area (Å²) >= 11 is 5.72. The molecular weight excluding hydrogens is 388 g/mol. The number of hydrogen-bond donors (Lipinski definition) is 1. The molecule has 2 aromatic carbocycles. The molecule has 0 spiro atoms. The fourth-order valence-corrected chi connectivity index (χ4v) is 4.53. The molecule has 2 heterocycles. The van der Waals surface area contributed by atoms with Gasteiger partial charge in [-0.15, -0.1) is 0 Å². The molecule has 29 heavy (non-hydrogen) atoms. The van der Waals surface area contributed by atoms with Crippen molar-refractivity contribution in [3.8, 4) is 11.5 Å². The van der Waals surface area contributed by atoms with Gasteiger partial charge in [0, 0.05) is 17.2 Å². The van der Waals surface area contributed by atoms with Gasteiger partial charge < -0.3 is 19.5 Å². The first-order valence-corrected chi connectivity index (χ1v) is 10.0. The molecule has 2 aliphatic rings. The summed E-state index contributed by atoms with van der Waals surface area (Å²) < 4.78 is 17.2. The number of rotatable bonds is 4. The lowest BCUT2D eigenvalue weighted by Gasteiger charge is -2.56. The van der Waals surface area contributed by atoms with Crippen LogP contribution in [0.25, 0.3) is 0 Å². The van der Waals surface area contributed by atoms with E-state index in [0.717, 1.165) is 17.0 Å². The zero-order valence-electron chi connectivity index (χ0n) is 16.9. The molecule has 0 aliphatic carbocycles. The third-order valence-electron chi connectivity index (χ3n) is 5.78. The largest absolute Gasteiger partial charge is 0.493 e. The van der Waals surface area contributed by atoms with Gasteiger partial charge in [0.25, 0.3) is 0 Å². The number of nitrogens with one attached hydrogen (secondary N) is 1. The fraction of sp³-hybridized carbons (Fsp3) is 0.364. The van der Waals surface area contributed by atoms with Gasteiger partial charge in [0.1, 0.15) is 0 Å². The van der Waals surface area contributed by atoms with Crippen LogP contribution in [0.2, 0.25) is 0 Å². The van der Waals surface area contributed by atoms with Gasteiger partial charge >= 0.3 is 5.97 Å². The second-order valence-electron chi connectivity index (χ2n) is 7.35. The van der Waals surface area contributed by atoms with Gasteiger partial charge in [-0.25, -0.2) is 4.79 Å². The van der Waals surface area contributed by atoms with E-state index < -0.39 is 5.72 Å². The van der Waals surface area contributed by atoms with E-state index in [9.17, 15) is 4.79 Å². The normalized spacial score (nSPS) is 24.8. The van der Waals surface area contributed by atoms with Crippen molar-refractivity contribution in [1.82, 2.24) is 5.32 Å². The topological polar surface area (TPSA) is 60.0 Å². The van der Waals surface area contributed by atoms with Crippen molar-refractivity contribution in [1.29, 1.82) is 0 Å². The number of thiocarbonyl (C=S) groups is 1. The molecular formula is C22H24N2O4S. The molecule has 3 atom stereocenters. The first-order valence-electron chi connectivity index (χ1n) is 9.64. The number of benzene rings is 2. The maximum atomic E-state index is 12.0. The van der Waals surface area contributed by atoms with E-state index in [2.05, 4.69) is 12.2 Å². The molecule has 0 aromatic heterocycles. The monoisotopic (exact) mass is 412 g/mol. The number of methoxy groups -OCH3 is 1. The van der Waals surface area contributed by atoms with Crippen LogP contribution in [-0.4, -0.2) is 30.5 Å². The van der Waals surface area contributed by atoms with Crippen LogP contribution in [0.3, 0.4) is 0 Å². The summed E-state index contributed by atoms with van der Waals surface area (Å²) in [6.45, 7) is 6.30. The molecule has 0 amide bonds. The molecule has 0 radical (unpaired) electrons. The van der Waals surface area contributed by atoms with E-state index in [1.807, 2.05) is 42.2 Å². The summed E-state index contributed by atoms with van der Waals surface area (Å²) in [5.41, 5.74) is 1.65. The highest BCUT2D eigenvalue weighted by Gasteiger charge is 2.54. The Labute approximate surface area is 175 Å². The minimum absolute atomic E-state index is 0.0152. The number of carbonyl (C=O) groups is 1. The Bertz CT molecular complexity index is 962. The smallest absolute Gasteiger partial charge is 0.338 e. The molecule has 1 N–H and O–H groups in total. The summed E-state index contributed by atoms with van der Waals surface area (Å²) in [6, 6.07) is 13.1. The summed E-state index contributed by atoms with van der Waals surface area (Å²) in [4.78, 5) is 13.9. The van der Waals surface area contributed by atoms with E-state index in [0.29, 0.717) is 23.0 Å². The Morgan fingerprint density at radius 2 is 2.00 bits per heavy atom. The third-order valence-corrected chi connectivity index (χ3v) is 6.08. The van der Waals surface area contributed by atoms with E-state index in [4.69, 9.17) is 26.4 Å². The van der Waals surface area contributed by atoms with Gasteiger partial charge in [0.15, 0.2) is 22.3 Å². The number of fused-ring (bicyclic) bond motifs is 4. The number of esters is 1. The zero-order valence-corrected chi connectivity index (χ0v) is 17.7. The highest BCUT2D eigenvalue weighted by Crippen LogP contribution is 2.51. The predicted molar refractivity (Wildman–Crippen MR) is 115 cm³/mol. The van der Waals surface area contributed by atoms with Crippen molar-refractivity contribution < 1.29 is 19.0 Å². The van der Waals surface area contributed by atoms with E-state index in [1.165, 1.54) is 0 Å². The van der Waals surface area contributed by atoms with E-state index in [1.54, 1.807) is 26.2 Å². The quantitative estimate of drug-likeness (QED) is 0.600. The molecule has 2 aromatic rings. The van der Waals surface area contributed by atoms with Gasteiger partial charge in [-0.3, -0.25) is 4.90 Å². The zero-order chi connectivity index (χ0) is 20.8. The van der Waals surface area contributed by atoms with Crippen molar-refractivity contribution in [3.05, 3.63) is 53.6 Å². The van der Waals surface area contributed by atoms with Crippen molar-refractivity contribution in [2.75, 3.05) is 18.6 Å². The summed E-state index contributed by atoms with van der Waals surface area (Å²) in [6.07, 6.45) is 0. The van der Waals surface area contributed by atoms with Crippen molar-refractivity contribution in [3.63, 3.8) is 0 Å². The SMILES string of the molecule is CCOC(=O)c1ccc(N2C(=S)N[C@H]3c4cccc(OC)c4O[C@@]2(C)[C@@H]3C)cc1. The average Bonchev–Trinajstić information content (AvgIpc) is 2.71. The standard InChI is InChI=1S/C22H24N2O4S/c1-5-27-20(25)14-9-11-15(12-10-14)24-21(29)23-18-13(2)22(24,3)28-19-16(18)7-6-8-17(19)26-4/h6-13,18H,5H2,1-4H3,(H,23,29)/t13-,18-,22+/m1/s1. The first kappa shape index (κ1) is 19.5. The minimum Gasteiger partial charge on any atom is -0.493 e. The molecule has 4 rings (SSSR count). The molecule has 0 saturated carbocycles. The van der Waals surface area contributed by atoms with Crippen LogP contribution in [0.5, 0.6) is 11.5 Å². The van der Waals surface area contributed by atoms with E-state index in [-0.39, 0.29) is 17.9 Å². The first-order chi connectivity index (χ1) is 13.9. The molecule has 2 aliphatic heterocycles. The maximum Gasteiger partial charge on any atom is 0.338 e. The maximum absolute atomic E-state index is 12.0. The summed E-state index contributed by atoms with van der Waals surface area (Å²) in [5.74, 6) is 1.17. The second-order valence-corrected chi connectivity index (χ2v) is 7.74. The van der Waals surface area contributed by atoms with Crippen molar-refractivity contribution >= 4 is 29.0 Å². The molecule has 152 valence electrons. The van der Waals surface area contributed by atoms with Gasteiger partial charge in [-0.1, -0.05) is 19.1 Å². The Hall–Kier alpha value is -2.80. The molecule has 6 nitrogen and oxygen atoms in total. The fourth-order valence-electron chi connectivity index (χ4n) is 4.11. The Morgan fingerprint density at radius 1 is 1.28 bits per heavy atom. The van der Waals surface area contributed by atoms with Gasteiger partial charge in [-0.05, 0) is 56.4 Å². The number of carbonyl (C=O) groups excluding carboxylic acids is 1. The van der Waals surface area contributed by atoms with Crippen LogP contribution >= 0.6 is 12.2 Å². The Morgan fingerprint density at radius 3 is 2.66 bits per heavy atom. The third kappa shape index (κ3) is 3.00. The highest BCUT2D eigenvalue weighted by atomic mass is 32.1. The molecule has 2 bridgehead atoms. The predicted octanol–water partition coefficient (Wildman–Crippen LogP) is 4.05. The van der Waals surface area contributed by atoms with Crippen molar-refractivity contribution in [2.45, 2.75) is 32.5 Å². The number of hydrogen-bond acceptors (Lipinski definition) is 5. The summed E-state index contributed by atoms with van der Waals surface area (Å²) in [7, 11) is 1.64. The lowest BCUT2D eigenvalue weighted by Crippen LogP contribution is -2.69. The Balaban J connectivity index is 1.75. The molecule has 0 unspecified atom stereocenters. The van der Waals surface area contributed by atoms with Gasteiger partial charge in [0.05, 0.1) is 25.3 Å². The van der Waals surface area contributed by atoms with Crippen LogP contribution in [-0.2, 0) is 4.74 Å². The molecule has 7 heteroatoms. The van der Waals surface area contributed by atoms with Gasteiger partial charge in [-0.2, -0.15) is 0 Å². The van der Waals surface area contributed by atoms with Crippen molar-refractivity contribution in [2.24, 2.45) is 5.92 Å². The number of nitrogens with zero attached hydrogens (tertiary/aromatic N) is 1. The highest BCUT2D eigenvalue weighted by molar-refractivity contribution is 7.80. The summed E-state index contributed by atoms with van der Waals surface area (Å²) in [5, 5.41) is 4.04. The number of ether oxygens (including phenoxy) is 3. The Kier molecular flexibility index (Phi) is 4.86. The van der Waals surface area contributed by atoms with E-state index >= 15 is 0 Å². The van der Waals surface area contributed by atoms with Crippen LogP contribution in [0.4, 0.5) is 5.69 Å². The second kappa shape index (κ2) is 7.22. The van der Waals surface area contributed by atoms with Crippen LogP contribution < -0.4 is 19.7 Å². The van der Waals surface area contributed by atoms with Crippen LogP contribution in [0, 0.1) is 5.92 Å². The lowest BCUT2D eigenvalue weighted by molar-refractivity contribution is -0.00546. The average molecular weight is 413 g/mol. The number of anilines is 1. The lowest BCUT2D eigenvalue weighted by atomic mass is 9.80. The molecule has 1 fully saturated rings. The number of para-hydroxylation sites is 1. The van der Waals surface area contributed by atoms with Gasteiger partial charge in [0.2, 0.25) is 0 Å². The van der Waals surface area contributed by atoms with Crippen LogP contribution in [0.15, 0.2) is 42.5 Å². The minimum atomic E-state index is -0.722.